The lowest BCUT2D eigenvalue weighted by Crippen LogP contribution is -2.41. The maximum absolute atomic E-state index is 6.27. The maximum Gasteiger partial charge on any atom is 0.494 e. The molecule has 2 aromatic carbocycles. The van der Waals surface area contributed by atoms with Gasteiger partial charge in [0, 0.05) is 0 Å². The number of hydrogen-bond acceptors (Lipinski definition) is 2. The Morgan fingerprint density at radius 1 is 0.926 bits per heavy atom. The summed E-state index contributed by atoms with van der Waals surface area (Å²) in [7, 11) is -0.323. The van der Waals surface area contributed by atoms with Crippen molar-refractivity contribution in [2.45, 2.75) is 72.5 Å². The predicted molar refractivity (Wildman–Crippen MR) is 115 cm³/mol. The molecular formula is C24H33BO2. The second kappa shape index (κ2) is 7.45. The van der Waals surface area contributed by atoms with Crippen molar-refractivity contribution >= 4 is 12.6 Å². The summed E-state index contributed by atoms with van der Waals surface area (Å²) in [4.78, 5) is 0. The zero-order chi connectivity index (χ0) is 19.8. The highest BCUT2D eigenvalue weighted by Crippen LogP contribution is 2.37. The van der Waals surface area contributed by atoms with Gasteiger partial charge in [0.2, 0.25) is 0 Å². The highest BCUT2D eigenvalue weighted by Gasteiger charge is 2.51. The van der Waals surface area contributed by atoms with Crippen molar-refractivity contribution in [2.75, 3.05) is 0 Å². The van der Waals surface area contributed by atoms with Crippen molar-refractivity contribution in [3.63, 3.8) is 0 Å². The Morgan fingerprint density at radius 3 is 2.19 bits per heavy atom. The van der Waals surface area contributed by atoms with Crippen LogP contribution in [0.4, 0.5) is 0 Å². The third-order valence-corrected chi connectivity index (χ3v) is 6.36. The Bertz CT molecular complexity index is 794. The first kappa shape index (κ1) is 20.2. The fourth-order valence-electron chi connectivity index (χ4n) is 3.54. The zero-order valence-electron chi connectivity index (χ0n) is 17.9. The molecule has 0 saturated carbocycles. The average molecular weight is 364 g/mol. The molecule has 2 nitrogen and oxygen atoms in total. The van der Waals surface area contributed by atoms with E-state index in [-0.39, 0.29) is 18.3 Å². The fraction of sp³-hybridized carbons (Fsp3) is 0.500. The Morgan fingerprint density at radius 2 is 1.56 bits per heavy atom. The van der Waals surface area contributed by atoms with Gasteiger partial charge in [-0.3, -0.25) is 0 Å². The summed E-state index contributed by atoms with van der Waals surface area (Å²) in [6.45, 7) is 15.2. The largest absolute Gasteiger partial charge is 0.494 e. The van der Waals surface area contributed by atoms with Gasteiger partial charge in [0.1, 0.15) is 0 Å². The van der Waals surface area contributed by atoms with Crippen molar-refractivity contribution in [3.8, 4) is 11.1 Å². The van der Waals surface area contributed by atoms with Gasteiger partial charge in [0.15, 0.2) is 0 Å². The first-order chi connectivity index (χ1) is 12.6. The summed E-state index contributed by atoms with van der Waals surface area (Å²) in [5.74, 6) is 0.678. The van der Waals surface area contributed by atoms with Crippen LogP contribution in [0.1, 0.15) is 59.1 Å². The van der Waals surface area contributed by atoms with E-state index in [0.29, 0.717) is 5.92 Å². The van der Waals surface area contributed by atoms with Gasteiger partial charge in [-0.2, -0.15) is 0 Å². The molecule has 3 rings (SSSR count). The molecule has 0 amide bonds. The summed E-state index contributed by atoms with van der Waals surface area (Å²) in [5.41, 5.74) is 5.75. The molecule has 2 aromatic rings. The SMILES string of the molecule is CC[C@@H](C)Cc1ccccc1-c1cc(B2OC(C)(C)C(C)(C)O2)ccc1C. The summed E-state index contributed by atoms with van der Waals surface area (Å²) < 4.78 is 12.5. The fourth-order valence-corrected chi connectivity index (χ4v) is 3.54. The molecule has 144 valence electrons. The molecule has 0 spiro atoms. The van der Waals surface area contributed by atoms with E-state index in [1.807, 2.05) is 0 Å². The van der Waals surface area contributed by atoms with Crippen LogP contribution in [0, 0.1) is 12.8 Å². The molecule has 3 heteroatoms. The van der Waals surface area contributed by atoms with Crippen LogP contribution in [0.15, 0.2) is 42.5 Å². The van der Waals surface area contributed by atoms with Gasteiger partial charge in [0.05, 0.1) is 11.2 Å². The molecule has 27 heavy (non-hydrogen) atoms. The van der Waals surface area contributed by atoms with Crippen LogP contribution in [0.2, 0.25) is 0 Å². The zero-order valence-corrected chi connectivity index (χ0v) is 17.9. The molecule has 0 bridgehead atoms. The molecule has 0 radical (unpaired) electrons. The third-order valence-electron chi connectivity index (χ3n) is 6.36. The lowest BCUT2D eigenvalue weighted by atomic mass is 9.76. The van der Waals surface area contributed by atoms with Crippen LogP contribution < -0.4 is 5.46 Å². The molecule has 0 aliphatic carbocycles. The summed E-state index contributed by atoms with van der Waals surface area (Å²) in [6.07, 6.45) is 2.30. The maximum atomic E-state index is 6.27. The van der Waals surface area contributed by atoms with Crippen molar-refractivity contribution in [2.24, 2.45) is 5.92 Å². The van der Waals surface area contributed by atoms with Gasteiger partial charge in [0.25, 0.3) is 0 Å². The molecular weight excluding hydrogens is 331 g/mol. The first-order valence-corrected chi connectivity index (χ1v) is 10.2. The van der Waals surface area contributed by atoms with Crippen LogP contribution in [-0.2, 0) is 15.7 Å². The summed E-state index contributed by atoms with van der Waals surface area (Å²) in [5, 5.41) is 0. The van der Waals surface area contributed by atoms with Crippen LogP contribution >= 0.6 is 0 Å². The van der Waals surface area contributed by atoms with Crippen molar-refractivity contribution in [1.82, 2.24) is 0 Å². The minimum absolute atomic E-state index is 0.322. The number of aryl methyl sites for hydroxylation is 1. The highest BCUT2D eigenvalue weighted by atomic mass is 16.7. The molecule has 1 saturated heterocycles. The van der Waals surface area contributed by atoms with E-state index < -0.39 is 0 Å². The first-order valence-electron chi connectivity index (χ1n) is 10.2. The van der Waals surface area contributed by atoms with Crippen LogP contribution in [0.5, 0.6) is 0 Å². The van der Waals surface area contributed by atoms with Gasteiger partial charge in [-0.15, -0.1) is 0 Å². The van der Waals surface area contributed by atoms with Gasteiger partial charge in [-0.05, 0) is 74.7 Å². The Labute approximate surface area is 165 Å². The number of rotatable bonds is 5. The van der Waals surface area contributed by atoms with E-state index in [9.17, 15) is 0 Å². The highest BCUT2D eigenvalue weighted by molar-refractivity contribution is 6.62. The molecule has 0 N–H and O–H groups in total. The Balaban J connectivity index is 1.99. The summed E-state index contributed by atoms with van der Waals surface area (Å²) in [6, 6.07) is 15.4. The molecule has 1 aliphatic heterocycles. The minimum atomic E-state index is -0.323. The summed E-state index contributed by atoms with van der Waals surface area (Å²) >= 11 is 0. The lowest BCUT2D eigenvalue weighted by molar-refractivity contribution is 0.00578. The van der Waals surface area contributed by atoms with Crippen molar-refractivity contribution in [3.05, 3.63) is 53.6 Å². The second-order valence-electron chi connectivity index (χ2n) is 9.04. The number of hydrogen-bond donors (Lipinski definition) is 0. The Hall–Kier alpha value is -1.58. The quantitative estimate of drug-likeness (QED) is 0.648. The molecule has 1 aliphatic rings. The molecule has 0 unspecified atom stereocenters. The van der Waals surface area contributed by atoms with Gasteiger partial charge < -0.3 is 9.31 Å². The normalized spacial score (nSPS) is 19.3. The third kappa shape index (κ3) is 4.00. The van der Waals surface area contributed by atoms with E-state index in [1.165, 1.54) is 28.7 Å². The van der Waals surface area contributed by atoms with E-state index in [1.54, 1.807) is 0 Å². The van der Waals surface area contributed by atoms with Crippen LogP contribution in [-0.4, -0.2) is 18.3 Å². The average Bonchev–Trinajstić information content (AvgIpc) is 2.83. The molecule has 1 heterocycles. The van der Waals surface area contributed by atoms with Crippen LogP contribution in [0.3, 0.4) is 0 Å². The number of benzene rings is 2. The predicted octanol–water partition coefficient (Wildman–Crippen LogP) is 5.55. The van der Waals surface area contributed by atoms with Gasteiger partial charge >= 0.3 is 7.12 Å². The Kier molecular flexibility index (Phi) is 5.56. The lowest BCUT2D eigenvalue weighted by Gasteiger charge is -2.32. The topological polar surface area (TPSA) is 18.5 Å². The smallest absolute Gasteiger partial charge is 0.399 e. The van der Waals surface area contributed by atoms with E-state index in [4.69, 9.17) is 9.31 Å². The molecule has 0 aromatic heterocycles. The standard InChI is InChI=1S/C24H33BO2/c1-8-17(2)15-19-11-9-10-12-21(19)22-16-20(14-13-18(22)3)25-26-23(4,5)24(6,7)27-25/h9-14,16-17H,8,15H2,1-7H3/t17-/m1/s1. The molecule has 1 fully saturated rings. The minimum Gasteiger partial charge on any atom is -0.399 e. The monoisotopic (exact) mass is 364 g/mol. The van der Waals surface area contributed by atoms with Gasteiger partial charge in [-0.1, -0.05) is 62.7 Å². The second-order valence-corrected chi connectivity index (χ2v) is 9.04. The van der Waals surface area contributed by atoms with Crippen molar-refractivity contribution in [1.29, 1.82) is 0 Å². The van der Waals surface area contributed by atoms with E-state index >= 15 is 0 Å². The van der Waals surface area contributed by atoms with E-state index in [0.717, 1.165) is 11.9 Å². The molecule has 1 atom stereocenters. The van der Waals surface area contributed by atoms with Crippen molar-refractivity contribution < 1.29 is 9.31 Å². The van der Waals surface area contributed by atoms with Crippen LogP contribution in [0.25, 0.3) is 11.1 Å². The van der Waals surface area contributed by atoms with Gasteiger partial charge in [-0.25, -0.2) is 0 Å². The van der Waals surface area contributed by atoms with E-state index in [2.05, 4.69) is 90.9 Å².